The molecule has 4 heterocycles. The van der Waals surface area contributed by atoms with Crippen LogP contribution in [-0.4, -0.2) is 29.7 Å². The third-order valence-corrected chi connectivity index (χ3v) is 4.03. The Morgan fingerprint density at radius 3 is 2.68 bits per heavy atom. The van der Waals surface area contributed by atoms with Crippen LogP contribution < -0.4 is 0 Å². The van der Waals surface area contributed by atoms with Gasteiger partial charge in [0, 0.05) is 24.5 Å². The first-order valence-electron chi connectivity index (χ1n) is 8.12. The highest BCUT2D eigenvalue weighted by atomic mass is 16.1. The van der Waals surface area contributed by atoms with Crippen LogP contribution in [0.5, 0.6) is 0 Å². The monoisotopic (exact) mass is 331 g/mol. The average Bonchev–Trinajstić information content (AvgIpc) is 3.26. The van der Waals surface area contributed by atoms with Crippen LogP contribution in [0.2, 0.25) is 0 Å². The summed E-state index contributed by atoms with van der Waals surface area (Å²) in [6.45, 7) is 3.76. The van der Waals surface area contributed by atoms with Gasteiger partial charge in [0.1, 0.15) is 23.5 Å². The van der Waals surface area contributed by atoms with E-state index in [1.54, 1.807) is 12.5 Å². The lowest BCUT2D eigenvalue weighted by Gasteiger charge is -2.00. The van der Waals surface area contributed by atoms with Crippen LogP contribution in [0.1, 0.15) is 24.3 Å². The van der Waals surface area contributed by atoms with Gasteiger partial charge in [-0.05, 0) is 24.3 Å². The molecule has 0 bridgehead atoms. The number of pyridine rings is 2. The van der Waals surface area contributed by atoms with Crippen LogP contribution in [0, 0.1) is 5.92 Å². The highest BCUT2D eigenvalue weighted by Crippen LogP contribution is 2.24. The standard InChI is InChI=1S/C19H17N5O/c1-13(2)18(25)17-15-7-4-6-10-24(15)19(22-17)14-11-23(12-21-14)16-8-3-5-9-20-16/h3-13H,1-2H3. The maximum absolute atomic E-state index is 12.5. The van der Waals surface area contributed by atoms with Gasteiger partial charge in [-0.25, -0.2) is 15.0 Å². The number of carbonyl (C=O) groups excluding carboxylic acids is 1. The number of aromatic nitrogens is 5. The molecule has 0 radical (unpaired) electrons. The minimum absolute atomic E-state index is 0.0270. The topological polar surface area (TPSA) is 65.1 Å². The van der Waals surface area contributed by atoms with E-state index >= 15 is 0 Å². The van der Waals surface area contributed by atoms with Crippen LogP contribution in [0.3, 0.4) is 0 Å². The van der Waals surface area contributed by atoms with E-state index < -0.39 is 0 Å². The maximum atomic E-state index is 12.5. The van der Waals surface area contributed by atoms with E-state index in [0.29, 0.717) is 17.2 Å². The van der Waals surface area contributed by atoms with E-state index in [-0.39, 0.29) is 11.7 Å². The van der Waals surface area contributed by atoms with Gasteiger partial charge in [-0.2, -0.15) is 0 Å². The van der Waals surface area contributed by atoms with Crippen LogP contribution in [0.15, 0.2) is 61.3 Å². The maximum Gasteiger partial charge on any atom is 0.185 e. The Kier molecular flexibility index (Phi) is 3.65. The van der Waals surface area contributed by atoms with E-state index in [1.807, 2.05) is 71.6 Å². The van der Waals surface area contributed by atoms with Crippen LogP contribution >= 0.6 is 0 Å². The Labute approximate surface area is 144 Å². The normalized spacial score (nSPS) is 11.3. The summed E-state index contributed by atoms with van der Waals surface area (Å²) in [5.41, 5.74) is 1.97. The number of rotatable bonds is 4. The molecule has 0 saturated carbocycles. The summed E-state index contributed by atoms with van der Waals surface area (Å²) >= 11 is 0. The Morgan fingerprint density at radius 2 is 1.92 bits per heavy atom. The molecule has 4 rings (SSSR count). The first kappa shape index (κ1) is 15.3. The number of hydrogen-bond donors (Lipinski definition) is 0. The number of ketones is 1. The van der Waals surface area contributed by atoms with Crippen molar-refractivity contribution >= 4 is 11.3 Å². The summed E-state index contributed by atoms with van der Waals surface area (Å²) in [7, 11) is 0. The molecule has 4 aromatic heterocycles. The molecule has 0 aliphatic rings. The summed E-state index contributed by atoms with van der Waals surface area (Å²) in [6, 6.07) is 11.4. The molecule has 0 unspecified atom stereocenters. The molecule has 0 saturated heterocycles. The van der Waals surface area contributed by atoms with E-state index in [0.717, 1.165) is 11.3 Å². The van der Waals surface area contributed by atoms with Gasteiger partial charge in [-0.1, -0.05) is 26.0 Å². The van der Waals surface area contributed by atoms with Gasteiger partial charge in [0.25, 0.3) is 0 Å². The van der Waals surface area contributed by atoms with Gasteiger partial charge in [0.05, 0.1) is 5.52 Å². The molecule has 0 aliphatic heterocycles. The minimum Gasteiger partial charge on any atom is -0.298 e. The minimum atomic E-state index is -0.113. The second kappa shape index (κ2) is 5.98. The molecule has 6 heteroatoms. The molecule has 6 nitrogen and oxygen atoms in total. The van der Waals surface area contributed by atoms with Crippen molar-refractivity contribution in [3.63, 3.8) is 0 Å². The van der Waals surface area contributed by atoms with E-state index in [2.05, 4.69) is 15.0 Å². The lowest BCUT2D eigenvalue weighted by atomic mass is 10.1. The second-order valence-corrected chi connectivity index (χ2v) is 6.11. The largest absolute Gasteiger partial charge is 0.298 e. The number of Topliss-reactive ketones (excluding diaryl/α,β-unsaturated/α-hetero) is 1. The number of hydrogen-bond acceptors (Lipinski definition) is 4. The van der Waals surface area contributed by atoms with E-state index in [4.69, 9.17) is 0 Å². The number of imidazole rings is 2. The Morgan fingerprint density at radius 1 is 1.08 bits per heavy atom. The molecular formula is C19H17N5O. The van der Waals surface area contributed by atoms with Gasteiger partial charge in [-0.15, -0.1) is 0 Å². The smallest absolute Gasteiger partial charge is 0.185 e. The highest BCUT2D eigenvalue weighted by Gasteiger charge is 2.21. The summed E-state index contributed by atoms with van der Waals surface area (Å²) < 4.78 is 3.74. The molecule has 124 valence electrons. The van der Waals surface area contributed by atoms with Crippen molar-refractivity contribution in [2.24, 2.45) is 5.92 Å². The molecule has 0 amide bonds. The summed E-state index contributed by atoms with van der Waals surface area (Å²) in [5, 5.41) is 0. The number of nitrogens with zero attached hydrogens (tertiary/aromatic N) is 5. The molecule has 25 heavy (non-hydrogen) atoms. The average molecular weight is 331 g/mol. The zero-order valence-corrected chi connectivity index (χ0v) is 14.0. The van der Waals surface area contributed by atoms with Gasteiger partial charge < -0.3 is 0 Å². The van der Waals surface area contributed by atoms with Crippen molar-refractivity contribution in [1.82, 2.24) is 23.9 Å². The molecule has 0 atom stereocenters. The third kappa shape index (κ3) is 2.61. The van der Waals surface area contributed by atoms with Gasteiger partial charge in [0.2, 0.25) is 0 Å². The first-order valence-corrected chi connectivity index (χ1v) is 8.12. The molecule has 0 N–H and O–H groups in total. The van der Waals surface area contributed by atoms with Crippen molar-refractivity contribution < 1.29 is 4.79 Å². The third-order valence-electron chi connectivity index (χ3n) is 4.03. The lowest BCUT2D eigenvalue weighted by molar-refractivity contribution is 0.0936. The molecule has 4 aromatic rings. The Bertz CT molecular complexity index is 1050. The zero-order chi connectivity index (χ0) is 17.4. The molecule has 0 fully saturated rings. The predicted molar refractivity (Wildman–Crippen MR) is 94.7 cm³/mol. The van der Waals surface area contributed by atoms with Gasteiger partial charge >= 0.3 is 0 Å². The number of carbonyl (C=O) groups is 1. The summed E-state index contributed by atoms with van der Waals surface area (Å²) in [6.07, 6.45) is 7.20. The van der Waals surface area contributed by atoms with Gasteiger partial charge in [-0.3, -0.25) is 13.8 Å². The fourth-order valence-corrected chi connectivity index (χ4v) is 2.74. The predicted octanol–water partition coefficient (Wildman–Crippen LogP) is 3.42. The fourth-order valence-electron chi connectivity index (χ4n) is 2.74. The SMILES string of the molecule is CC(C)C(=O)c1nc(-c2cn(-c3ccccn3)cn2)n2ccccc12. The summed E-state index contributed by atoms with van der Waals surface area (Å²) in [5.74, 6) is 1.34. The fraction of sp³-hybridized carbons (Fsp3) is 0.158. The zero-order valence-electron chi connectivity index (χ0n) is 14.0. The Hall–Kier alpha value is -3.28. The lowest BCUT2D eigenvalue weighted by Crippen LogP contribution is -2.08. The van der Waals surface area contributed by atoms with E-state index in [1.165, 1.54) is 0 Å². The summed E-state index contributed by atoms with van der Waals surface area (Å²) in [4.78, 5) is 25.9. The van der Waals surface area contributed by atoms with Crippen molar-refractivity contribution in [3.05, 3.63) is 67.0 Å². The van der Waals surface area contributed by atoms with Gasteiger partial charge in [0.15, 0.2) is 11.6 Å². The van der Waals surface area contributed by atoms with Crippen molar-refractivity contribution in [2.45, 2.75) is 13.8 Å². The van der Waals surface area contributed by atoms with Crippen LogP contribution in [-0.2, 0) is 0 Å². The Balaban J connectivity index is 1.85. The van der Waals surface area contributed by atoms with Crippen LogP contribution in [0.4, 0.5) is 0 Å². The highest BCUT2D eigenvalue weighted by molar-refractivity contribution is 6.02. The molecular weight excluding hydrogens is 314 g/mol. The number of fused-ring (bicyclic) bond motifs is 1. The van der Waals surface area contributed by atoms with E-state index in [9.17, 15) is 4.79 Å². The molecule has 0 aromatic carbocycles. The van der Waals surface area contributed by atoms with Crippen molar-refractivity contribution in [2.75, 3.05) is 0 Å². The first-order chi connectivity index (χ1) is 12.1. The second-order valence-electron chi connectivity index (χ2n) is 6.11. The van der Waals surface area contributed by atoms with Crippen molar-refractivity contribution in [3.8, 4) is 17.3 Å². The van der Waals surface area contributed by atoms with Crippen molar-refractivity contribution in [1.29, 1.82) is 0 Å². The quantitative estimate of drug-likeness (QED) is 0.538. The molecule has 0 spiro atoms. The molecule has 0 aliphatic carbocycles. The van der Waals surface area contributed by atoms with Crippen LogP contribution in [0.25, 0.3) is 22.9 Å².